The van der Waals surface area contributed by atoms with E-state index in [2.05, 4.69) is 50.1 Å². The minimum absolute atomic E-state index is 0.221. The van der Waals surface area contributed by atoms with Crippen LogP contribution in [0.25, 0.3) is 0 Å². The highest BCUT2D eigenvalue weighted by molar-refractivity contribution is 5.03. The van der Waals surface area contributed by atoms with Crippen molar-refractivity contribution in [2.45, 2.75) is 46.1 Å². The summed E-state index contributed by atoms with van der Waals surface area (Å²) in [6.45, 7) is 9.99. The number of hydrogen-bond acceptors (Lipinski definition) is 2. The molecule has 90 valence electrons. The summed E-state index contributed by atoms with van der Waals surface area (Å²) in [5, 5.41) is 3.54. The molecule has 1 unspecified atom stereocenters. The highest BCUT2D eigenvalue weighted by Crippen LogP contribution is 2.08. The summed E-state index contributed by atoms with van der Waals surface area (Å²) in [7, 11) is 0. The van der Waals surface area contributed by atoms with Crippen LogP contribution in [0.4, 0.5) is 0 Å². The fourth-order valence-electron chi connectivity index (χ4n) is 1.52. The molecule has 0 aliphatic heterocycles. The van der Waals surface area contributed by atoms with Gasteiger partial charge in [0.25, 0.3) is 0 Å². The molecule has 0 fully saturated rings. The second-order valence-corrected chi connectivity index (χ2v) is 5.60. The van der Waals surface area contributed by atoms with E-state index in [0.717, 1.165) is 13.0 Å². The van der Waals surface area contributed by atoms with Crippen LogP contribution in [-0.2, 0) is 6.42 Å². The Morgan fingerprint density at radius 2 is 2.06 bits per heavy atom. The van der Waals surface area contributed by atoms with Crippen molar-refractivity contribution in [1.29, 1.82) is 0 Å². The van der Waals surface area contributed by atoms with E-state index >= 15 is 0 Å². The van der Waals surface area contributed by atoms with Crippen LogP contribution in [0.15, 0.2) is 24.4 Å². The largest absolute Gasteiger partial charge is 0.312 e. The molecule has 0 radical (unpaired) electrons. The zero-order chi connectivity index (χ0) is 12.0. The first-order chi connectivity index (χ1) is 7.47. The molecule has 1 aromatic rings. The van der Waals surface area contributed by atoms with E-state index in [1.807, 2.05) is 12.3 Å². The van der Waals surface area contributed by atoms with Crippen LogP contribution < -0.4 is 5.32 Å². The summed E-state index contributed by atoms with van der Waals surface area (Å²) in [4.78, 5) is 4.34. The second kappa shape index (κ2) is 6.00. The van der Waals surface area contributed by atoms with E-state index in [4.69, 9.17) is 0 Å². The van der Waals surface area contributed by atoms with Crippen molar-refractivity contribution < 1.29 is 0 Å². The number of rotatable bonds is 5. The third kappa shape index (κ3) is 5.86. The van der Waals surface area contributed by atoms with Gasteiger partial charge in [-0.05, 0) is 58.2 Å². The lowest BCUT2D eigenvalue weighted by Gasteiger charge is -2.23. The van der Waals surface area contributed by atoms with Gasteiger partial charge in [0, 0.05) is 17.4 Å². The molecule has 2 nitrogen and oxygen atoms in total. The van der Waals surface area contributed by atoms with Gasteiger partial charge < -0.3 is 5.32 Å². The quantitative estimate of drug-likeness (QED) is 0.825. The van der Waals surface area contributed by atoms with Gasteiger partial charge in [-0.3, -0.25) is 4.98 Å². The first-order valence-corrected chi connectivity index (χ1v) is 6.12. The Kier molecular flexibility index (Phi) is 4.94. The topological polar surface area (TPSA) is 24.9 Å². The molecule has 0 aliphatic carbocycles. The molecule has 1 aromatic heterocycles. The number of pyridine rings is 1. The molecule has 0 saturated carbocycles. The Morgan fingerprint density at radius 1 is 1.31 bits per heavy atom. The van der Waals surface area contributed by atoms with Gasteiger partial charge in [0.15, 0.2) is 0 Å². The van der Waals surface area contributed by atoms with Gasteiger partial charge in [-0.1, -0.05) is 13.0 Å². The molecular formula is C14H24N2. The number of nitrogens with zero attached hydrogens (tertiary/aromatic N) is 1. The number of hydrogen-bond donors (Lipinski definition) is 1. The highest BCUT2D eigenvalue weighted by Gasteiger charge is 2.11. The van der Waals surface area contributed by atoms with Crippen molar-refractivity contribution in [2.24, 2.45) is 5.92 Å². The molecular weight excluding hydrogens is 196 g/mol. The predicted molar refractivity (Wildman–Crippen MR) is 69.5 cm³/mol. The van der Waals surface area contributed by atoms with Crippen LogP contribution in [0, 0.1) is 5.92 Å². The fraction of sp³-hybridized carbons (Fsp3) is 0.643. The minimum atomic E-state index is 0.221. The van der Waals surface area contributed by atoms with Crippen LogP contribution >= 0.6 is 0 Å². The molecule has 0 amide bonds. The highest BCUT2D eigenvalue weighted by atomic mass is 14.9. The summed E-state index contributed by atoms with van der Waals surface area (Å²) in [6, 6.07) is 6.12. The fourth-order valence-corrected chi connectivity index (χ4v) is 1.52. The Bertz CT molecular complexity index is 287. The molecule has 0 bridgehead atoms. The lowest BCUT2D eigenvalue weighted by molar-refractivity contribution is 0.372. The maximum atomic E-state index is 4.34. The lowest BCUT2D eigenvalue weighted by atomic mass is 10.0. The van der Waals surface area contributed by atoms with Crippen molar-refractivity contribution >= 4 is 0 Å². The molecule has 0 aliphatic rings. The van der Waals surface area contributed by atoms with E-state index in [1.165, 1.54) is 12.1 Å². The van der Waals surface area contributed by atoms with Crippen LogP contribution in [0.1, 0.15) is 39.8 Å². The first-order valence-electron chi connectivity index (χ1n) is 6.12. The average molecular weight is 220 g/mol. The standard InChI is InChI=1S/C14H24N2/c1-12(11-16-14(2,3)4)8-9-13-7-5-6-10-15-13/h5-7,10,12,16H,8-9,11H2,1-4H3. The van der Waals surface area contributed by atoms with Crippen molar-refractivity contribution in [2.75, 3.05) is 6.54 Å². The van der Waals surface area contributed by atoms with Crippen molar-refractivity contribution in [3.8, 4) is 0 Å². The zero-order valence-electron chi connectivity index (χ0n) is 11.0. The van der Waals surface area contributed by atoms with Gasteiger partial charge in [-0.25, -0.2) is 0 Å². The van der Waals surface area contributed by atoms with Gasteiger partial charge in [-0.2, -0.15) is 0 Å². The molecule has 1 atom stereocenters. The third-order valence-electron chi connectivity index (χ3n) is 2.60. The van der Waals surface area contributed by atoms with E-state index < -0.39 is 0 Å². The molecule has 0 saturated heterocycles. The SMILES string of the molecule is CC(CCc1ccccn1)CNC(C)(C)C. The Labute approximate surface area is 99.5 Å². The maximum Gasteiger partial charge on any atom is 0.0403 e. The van der Waals surface area contributed by atoms with E-state index in [0.29, 0.717) is 5.92 Å². The summed E-state index contributed by atoms with van der Waals surface area (Å²) >= 11 is 0. The van der Waals surface area contributed by atoms with Gasteiger partial charge >= 0.3 is 0 Å². The van der Waals surface area contributed by atoms with E-state index in [9.17, 15) is 0 Å². The van der Waals surface area contributed by atoms with Crippen LogP contribution in [0.3, 0.4) is 0 Å². The van der Waals surface area contributed by atoms with Gasteiger partial charge in [0.05, 0.1) is 0 Å². The predicted octanol–water partition coefficient (Wildman–Crippen LogP) is 3.04. The minimum Gasteiger partial charge on any atom is -0.312 e. The molecule has 0 aromatic carbocycles. The normalized spacial score (nSPS) is 13.8. The van der Waals surface area contributed by atoms with Gasteiger partial charge in [-0.15, -0.1) is 0 Å². The molecule has 1 heterocycles. The molecule has 1 N–H and O–H groups in total. The average Bonchev–Trinajstić information content (AvgIpc) is 2.24. The third-order valence-corrected chi connectivity index (χ3v) is 2.60. The molecule has 2 heteroatoms. The Balaban J connectivity index is 2.23. The lowest BCUT2D eigenvalue weighted by Crippen LogP contribution is -2.38. The summed E-state index contributed by atoms with van der Waals surface area (Å²) < 4.78 is 0. The molecule has 16 heavy (non-hydrogen) atoms. The summed E-state index contributed by atoms with van der Waals surface area (Å²) in [6.07, 6.45) is 4.14. The second-order valence-electron chi connectivity index (χ2n) is 5.60. The molecule has 0 spiro atoms. The van der Waals surface area contributed by atoms with Crippen LogP contribution in [-0.4, -0.2) is 17.1 Å². The number of aromatic nitrogens is 1. The molecule has 1 rings (SSSR count). The van der Waals surface area contributed by atoms with Gasteiger partial charge in [0.1, 0.15) is 0 Å². The van der Waals surface area contributed by atoms with E-state index in [-0.39, 0.29) is 5.54 Å². The van der Waals surface area contributed by atoms with Gasteiger partial charge in [0.2, 0.25) is 0 Å². The Morgan fingerprint density at radius 3 is 2.62 bits per heavy atom. The summed E-state index contributed by atoms with van der Waals surface area (Å²) in [5.41, 5.74) is 1.42. The monoisotopic (exact) mass is 220 g/mol. The number of aryl methyl sites for hydroxylation is 1. The van der Waals surface area contributed by atoms with Crippen LogP contribution in [0.2, 0.25) is 0 Å². The van der Waals surface area contributed by atoms with Crippen LogP contribution in [0.5, 0.6) is 0 Å². The van der Waals surface area contributed by atoms with Crippen molar-refractivity contribution in [1.82, 2.24) is 10.3 Å². The smallest absolute Gasteiger partial charge is 0.0403 e. The maximum absolute atomic E-state index is 4.34. The van der Waals surface area contributed by atoms with Crippen molar-refractivity contribution in [3.05, 3.63) is 30.1 Å². The number of nitrogens with one attached hydrogen (secondary N) is 1. The Hall–Kier alpha value is -0.890. The van der Waals surface area contributed by atoms with E-state index in [1.54, 1.807) is 0 Å². The summed E-state index contributed by atoms with van der Waals surface area (Å²) in [5.74, 6) is 0.696. The first kappa shape index (κ1) is 13.2. The van der Waals surface area contributed by atoms with Crippen molar-refractivity contribution in [3.63, 3.8) is 0 Å². The zero-order valence-corrected chi connectivity index (χ0v) is 11.0.